The molecule has 0 fully saturated rings. The molecule has 0 aliphatic carbocycles. The molecule has 12 heteroatoms. The van der Waals surface area contributed by atoms with E-state index in [-0.39, 0.29) is 22.6 Å². The van der Waals surface area contributed by atoms with Gasteiger partial charge in [0.25, 0.3) is 11.4 Å². The van der Waals surface area contributed by atoms with Gasteiger partial charge >= 0.3 is 11.9 Å². The number of ether oxygens (including phenoxy) is 3. The van der Waals surface area contributed by atoms with Crippen LogP contribution >= 0.6 is 0 Å². The SMILES string of the molecule is COC(=O)/C(C#N)=C/c1ccc(OC(=O)c2cc([N+](=O)[O-])c(C)c([N+](=O)[O-])c2)c(OC)c1. The smallest absolute Gasteiger partial charge is 0.348 e. The van der Waals surface area contributed by atoms with E-state index in [0.29, 0.717) is 5.56 Å². The normalized spacial score (nSPS) is 10.6. The summed E-state index contributed by atoms with van der Waals surface area (Å²) in [7, 11) is 2.39. The van der Waals surface area contributed by atoms with Crippen LogP contribution in [0.15, 0.2) is 35.9 Å². The molecule has 2 rings (SSSR count). The maximum Gasteiger partial charge on any atom is 0.348 e. The van der Waals surface area contributed by atoms with Gasteiger partial charge in [-0.1, -0.05) is 6.07 Å². The van der Waals surface area contributed by atoms with Crippen molar-refractivity contribution in [3.05, 3.63) is 72.8 Å². The quantitative estimate of drug-likeness (QED) is 0.155. The van der Waals surface area contributed by atoms with E-state index in [1.54, 1.807) is 6.07 Å². The monoisotopic (exact) mass is 441 g/mol. The summed E-state index contributed by atoms with van der Waals surface area (Å²) < 4.78 is 14.8. The van der Waals surface area contributed by atoms with E-state index in [9.17, 15) is 29.8 Å². The lowest BCUT2D eigenvalue weighted by Gasteiger charge is -2.10. The summed E-state index contributed by atoms with van der Waals surface area (Å²) in [5.74, 6) is -2.00. The van der Waals surface area contributed by atoms with Gasteiger partial charge in [0.2, 0.25) is 0 Å². The predicted molar refractivity (Wildman–Crippen MR) is 108 cm³/mol. The minimum atomic E-state index is -1.09. The van der Waals surface area contributed by atoms with Crippen molar-refractivity contribution in [1.29, 1.82) is 5.26 Å². The van der Waals surface area contributed by atoms with Crippen LogP contribution in [-0.4, -0.2) is 36.0 Å². The van der Waals surface area contributed by atoms with Crippen LogP contribution in [0.2, 0.25) is 0 Å². The van der Waals surface area contributed by atoms with Crippen molar-refractivity contribution in [3.63, 3.8) is 0 Å². The molecule has 0 aliphatic heterocycles. The summed E-state index contributed by atoms with van der Waals surface area (Å²) in [4.78, 5) is 44.8. The van der Waals surface area contributed by atoms with Gasteiger partial charge in [-0.25, -0.2) is 9.59 Å². The molecule has 0 saturated carbocycles. The van der Waals surface area contributed by atoms with E-state index in [0.717, 1.165) is 19.2 Å². The van der Waals surface area contributed by atoms with Gasteiger partial charge in [0.1, 0.15) is 17.2 Å². The number of nitro groups is 2. The topological polar surface area (TPSA) is 172 Å². The number of nitriles is 1. The van der Waals surface area contributed by atoms with Gasteiger partial charge < -0.3 is 14.2 Å². The van der Waals surface area contributed by atoms with Crippen molar-refractivity contribution in [3.8, 4) is 17.6 Å². The summed E-state index contributed by atoms with van der Waals surface area (Å²) in [6, 6.07) is 7.52. The summed E-state index contributed by atoms with van der Waals surface area (Å²) in [6.07, 6.45) is 1.23. The Morgan fingerprint density at radius 2 is 1.62 bits per heavy atom. The number of nitrogens with zero attached hydrogens (tertiary/aromatic N) is 3. The maximum atomic E-state index is 12.5. The van der Waals surface area contributed by atoms with E-state index in [2.05, 4.69) is 4.74 Å². The largest absolute Gasteiger partial charge is 0.493 e. The zero-order valence-electron chi connectivity index (χ0n) is 17.0. The van der Waals surface area contributed by atoms with Gasteiger partial charge in [0.15, 0.2) is 11.5 Å². The van der Waals surface area contributed by atoms with Crippen molar-refractivity contribution >= 4 is 29.4 Å². The Kier molecular flexibility index (Phi) is 7.20. The Labute approximate surface area is 180 Å². The van der Waals surface area contributed by atoms with Gasteiger partial charge in [-0.05, 0) is 30.7 Å². The number of hydrogen-bond donors (Lipinski definition) is 0. The Hall–Kier alpha value is -4.79. The lowest BCUT2D eigenvalue weighted by atomic mass is 10.1. The van der Waals surface area contributed by atoms with Gasteiger partial charge in [-0.2, -0.15) is 5.26 Å². The summed E-state index contributed by atoms with van der Waals surface area (Å²) in [5.41, 5.74) is -1.75. The standard InChI is InChI=1S/C20H15N3O9/c1-11-15(22(26)27)8-13(9-16(11)23(28)29)20(25)32-17-5-4-12(7-18(17)30-2)6-14(10-21)19(24)31-3/h4-9H,1-3H3/b14-6+. The van der Waals surface area contributed by atoms with E-state index in [1.807, 2.05) is 0 Å². The van der Waals surface area contributed by atoms with Crippen LogP contribution in [0.5, 0.6) is 11.5 Å². The molecule has 0 spiro atoms. The fraction of sp³-hybridized carbons (Fsp3) is 0.150. The molecule has 0 heterocycles. The number of benzene rings is 2. The molecular weight excluding hydrogens is 426 g/mol. The van der Waals surface area contributed by atoms with Crippen molar-refractivity contribution in [2.45, 2.75) is 6.92 Å². The number of hydrogen-bond acceptors (Lipinski definition) is 10. The first-order chi connectivity index (χ1) is 15.1. The number of nitro benzene ring substituents is 2. The molecule has 0 radical (unpaired) electrons. The maximum absolute atomic E-state index is 12.5. The molecular formula is C20H15N3O9. The molecule has 0 atom stereocenters. The molecule has 32 heavy (non-hydrogen) atoms. The first-order valence-corrected chi connectivity index (χ1v) is 8.66. The van der Waals surface area contributed by atoms with E-state index < -0.39 is 38.7 Å². The second-order valence-corrected chi connectivity index (χ2v) is 6.11. The Balaban J connectivity index is 2.43. The molecule has 2 aromatic rings. The second kappa shape index (κ2) is 9.81. The summed E-state index contributed by atoms with van der Waals surface area (Å²) in [6.45, 7) is 1.20. The van der Waals surface area contributed by atoms with Gasteiger partial charge in [0, 0.05) is 12.1 Å². The minimum absolute atomic E-state index is 0.0327. The van der Waals surface area contributed by atoms with Crippen LogP contribution in [0.25, 0.3) is 6.08 Å². The predicted octanol–water partition coefficient (Wildman–Crippen LogP) is 3.12. The number of rotatable bonds is 7. The molecule has 0 N–H and O–H groups in total. The van der Waals surface area contributed by atoms with Crippen LogP contribution in [-0.2, 0) is 9.53 Å². The molecule has 2 aromatic carbocycles. The van der Waals surface area contributed by atoms with Crippen molar-refractivity contribution in [1.82, 2.24) is 0 Å². The zero-order chi connectivity index (χ0) is 24.0. The van der Waals surface area contributed by atoms with Crippen molar-refractivity contribution in [2.24, 2.45) is 0 Å². The van der Waals surface area contributed by atoms with Gasteiger partial charge in [-0.3, -0.25) is 20.2 Å². The van der Waals surface area contributed by atoms with Crippen LogP contribution in [0.3, 0.4) is 0 Å². The number of carbonyl (C=O) groups excluding carboxylic acids is 2. The van der Waals surface area contributed by atoms with Crippen LogP contribution in [0, 0.1) is 38.5 Å². The molecule has 0 saturated heterocycles. The fourth-order valence-corrected chi connectivity index (χ4v) is 2.61. The van der Waals surface area contributed by atoms with E-state index in [1.165, 1.54) is 38.3 Å². The Morgan fingerprint density at radius 3 is 2.09 bits per heavy atom. The fourth-order valence-electron chi connectivity index (χ4n) is 2.61. The third-order valence-electron chi connectivity index (χ3n) is 4.21. The second-order valence-electron chi connectivity index (χ2n) is 6.11. The highest BCUT2D eigenvalue weighted by atomic mass is 16.6. The summed E-state index contributed by atoms with van der Waals surface area (Å²) >= 11 is 0. The lowest BCUT2D eigenvalue weighted by molar-refractivity contribution is -0.395. The Bertz CT molecular complexity index is 1160. The van der Waals surface area contributed by atoms with Gasteiger partial charge in [-0.15, -0.1) is 0 Å². The average molecular weight is 441 g/mol. The molecule has 0 aliphatic rings. The zero-order valence-corrected chi connectivity index (χ0v) is 17.0. The molecule has 0 unspecified atom stereocenters. The first-order valence-electron chi connectivity index (χ1n) is 8.66. The highest BCUT2D eigenvalue weighted by Gasteiger charge is 2.26. The average Bonchev–Trinajstić information content (AvgIpc) is 2.77. The van der Waals surface area contributed by atoms with Crippen LogP contribution in [0.4, 0.5) is 11.4 Å². The number of esters is 2. The highest BCUT2D eigenvalue weighted by molar-refractivity contribution is 5.98. The van der Waals surface area contributed by atoms with Crippen molar-refractivity contribution < 1.29 is 33.6 Å². The highest BCUT2D eigenvalue weighted by Crippen LogP contribution is 2.32. The van der Waals surface area contributed by atoms with Crippen molar-refractivity contribution in [2.75, 3.05) is 14.2 Å². The Morgan fingerprint density at radius 1 is 1.03 bits per heavy atom. The summed E-state index contributed by atoms with van der Waals surface area (Å²) in [5, 5.41) is 31.4. The molecule has 0 amide bonds. The molecule has 0 bridgehead atoms. The minimum Gasteiger partial charge on any atom is -0.493 e. The lowest BCUT2D eigenvalue weighted by Crippen LogP contribution is -2.11. The van der Waals surface area contributed by atoms with E-state index >= 15 is 0 Å². The first kappa shape index (κ1) is 23.5. The van der Waals surface area contributed by atoms with Gasteiger partial charge in [0.05, 0.1) is 29.6 Å². The van der Waals surface area contributed by atoms with Crippen LogP contribution in [0.1, 0.15) is 21.5 Å². The third-order valence-corrected chi connectivity index (χ3v) is 4.21. The molecule has 0 aromatic heterocycles. The van der Waals surface area contributed by atoms with Crippen LogP contribution < -0.4 is 9.47 Å². The number of carbonyl (C=O) groups is 2. The molecule has 164 valence electrons. The third kappa shape index (κ3) is 5.03. The molecule has 12 nitrogen and oxygen atoms in total. The van der Waals surface area contributed by atoms with E-state index in [4.69, 9.17) is 14.7 Å². The number of methoxy groups -OCH3 is 2.